The zero-order valence-electron chi connectivity index (χ0n) is 13.7. The van der Waals surface area contributed by atoms with Crippen molar-refractivity contribution in [2.24, 2.45) is 0 Å². The molecule has 0 unspecified atom stereocenters. The molecule has 6 nitrogen and oxygen atoms in total. The van der Waals surface area contributed by atoms with Gasteiger partial charge in [0.2, 0.25) is 0 Å². The van der Waals surface area contributed by atoms with Gasteiger partial charge in [-0.05, 0) is 36.4 Å². The number of fused-ring (bicyclic) bond motifs is 1. The number of carboxylic acids is 1. The summed E-state index contributed by atoms with van der Waals surface area (Å²) in [6.45, 7) is 0. The van der Waals surface area contributed by atoms with E-state index in [1.807, 2.05) is 36.4 Å². The van der Waals surface area contributed by atoms with Crippen molar-refractivity contribution in [1.29, 1.82) is 5.26 Å². The number of amides is 1. The standard InChI is InChI=1S/C20H15N3O3/c21-12-13-5-7-15(8-6-13)19(24)23-18(20(25)26)11-16-10-9-14-3-1-2-4-17(14)22-16/h1-10,18H,11H2,(H,23,24)(H,25,26)/t18-/m1/s1. The van der Waals surface area contributed by atoms with Gasteiger partial charge in [-0.25, -0.2) is 4.79 Å². The van der Waals surface area contributed by atoms with Crippen LogP contribution < -0.4 is 5.32 Å². The fourth-order valence-corrected chi connectivity index (χ4v) is 2.57. The Labute approximate surface area is 149 Å². The Bertz CT molecular complexity index is 1010. The lowest BCUT2D eigenvalue weighted by molar-refractivity contribution is -0.139. The fourth-order valence-electron chi connectivity index (χ4n) is 2.57. The summed E-state index contributed by atoms with van der Waals surface area (Å²) in [6, 6.07) is 18.0. The third kappa shape index (κ3) is 3.84. The van der Waals surface area contributed by atoms with E-state index in [9.17, 15) is 14.7 Å². The van der Waals surface area contributed by atoms with Gasteiger partial charge in [0.25, 0.3) is 5.91 Å². The first-order valence-electron chi connectivity index (χ1n) is 7.95. The summed E-state index contributed by atoms with van der Waals surface area (Å²) in [7, 11) is 0. The number of hydrogen-bond donors (Lipinski definition) is 2. The molecule has 0 saturated carbocycles. The average Bonchev–Trinajstić information content (AvgIpc) is 2.67. The molecule has 1 aromatic heterocycles. The minimum atomic E-state index is -1.14. The summed E-state index contributed by atoms with van der Waals surface area (Å²) >= 11 is 0. The lowest BCUT2D eigenvalue weighted by Gasteiger charge is -2.14. The van der Waals surface area contributed by atoms with E-state index in [4.69, 9.17) is 5.26 Å². The second kappa shape index (κ2) is 7.45. The van der Waals surface area contributed by atoms with E-state index in [1.54, 1.807) is 6.07 Å². The van der Waals surface area contributed by atoms with Gasteiger partial charge in [0.05, 0.1) is 17.1 Å². The van der Waals surface area contributed by atoms with Gasteiger partial charge in [0, 0.05) is 23.1 Å². The molecular weight excluding hydrogens is 330 g/mol. The molecule has 26 heavy (non-hydrogen) atoms. The molecule has 0 aliphatic heterocycles. The maximum absolute atomic E-state index is 12.3. The molecular formula is C20H15N3O3. The molecule has 1 heterocycles. The topological polar surface area (TPSA) is 103 Å². The predicted molar refractivity (Wildman–Crippen MR) is 95.5 cm³/mol. The fraction of sp³-hybridized carbons (Fsp3) is 0.100. The number of carboxylic acid groups (broad SMARTS) is 1. The van der Waals surface area contributed by atoms with Gasteiger partial charge in [0.1, 0.15) is 6.04 Å². The van der Waals surface area contributed by atoms with Gasteiger partial charge in [0.15, 0.2) is 0 Å². The van der Waals surface area contributed by atoms with Crippen LogP contribution in [0.3, 0.4) is 0 Å². The Balaban J connectivity index is 1.76. The summed E-state index contributed by atoms with van der Waals surface area (Å²) < 4.78 is 0. The van der Waals surface area contributed by atoms with Crippen molar-refractivity contribution in [3.63, 3.8) is 0 Å². The van der Waals surface area contributed by atoms with Gasteiger partial charge >= 0.3 is 5.97 Å². The smallest absolute Gasteiger partial charge is 0.326 e. The second-order valence-corrected chi connectivity index (χ2v) is 5.75. The highest BCUT2D eigenvalue weighted by Crippen LogP contribution is 2.13. The molecule has 0 aliphatic rings. The largest absolute Gasteiger partial charge is 0.480 e. The Morgan fingerprint density at radius 2 is 1.81 bits per heavy atom. The first-order chi connectivity index (χ1) is 12.6. The molecule has 0 aliphatic carbocycles. The molecule has 0 spiro atoms. The summed E-state index contributed by atoms with van der Waals surface area (Å²) in [5.74, 6) is -1.65. The van der Waals surface area contributed by atoms with E-state index in [0.29, 0.717) is 16.8 Å². The number of benzene rings is 2. The first kappa shape index (κ1) is 17.1. The highest BCUT2D eigenvalue weighted by Gasteiger charge is 2.22. The summed E-state index contributed by atoms with van der Waals surface area (Å²) in [5.41, 5.74) is 2.07. The summed E-state index contributed by atoms with van der Waals surface area (Å²) in [4.78, 5) is 28.3. The van der Waals surface area contributed by atoms with Gasteiger partial charge in [-0.15, -0.1) is 0 Å². The Morgan fingerprint density at radius 1 is 1.08 bits per heavy atom. The number of pyridine rings is 1. The normalized spacial score (nSPS) is 11.5. The van der Waals surface area contributed by atoms with Crippen molar-refractivity contribution < 1.29 is 14.7 Å². The molecule has 0 radical (unpaired) electrons. The van der Waals surface area contributed by atoms with Crippen LogP contribution in [-0.2, 0) is 11.2 Å². The van der Waals surface area contributed by atoms with Crippen LogP contribution in [0, 0.1) is 11.3 Å². The Hall–Kier alpha value is -3.72. The van der Waals surface area contributed by atoms with Crippen LogP contribution in [0.5, 0.6) is 0 Å². The van der Waals surface area contributed by atoms with E-state index < -0.39 is 17.9 Å². The van der Waals surface area contributed by atoms with Crippen molar-refractivity contribution >= 4 is 22.8 Å². The van der Waals surface area contributed by atoms with Gasteiger partial charge in [-0.3, -0.25) is 9.78 Å². The number of nitriles is 1. The quantitative estimate of drug-likeness (QED) is 0.739. The van der Waals surface area contributed by atoms with Crippen molar-refractivity contribution in [3.05, 3.63) is 77.5 Å². The number of carbonyl (C=O) groups excluding carboxylic acids is 1. The third-order valence-corrected chi connectivity index (χ3v) is 3.95. The number of para-hydroxylation sites is 1. The number of nitrogens with zero attached hydrogens (tertiary/aromatic N) is 2. The van der Waals surface area contributed by atoms with Crippen LogP contribution in [0.1, 0.15) is 21.6 Å². The monoisotopic (exact) mass is 345 g/mol. The molecule has 3 rings (SSSR count). The minimum Gasteiger partial charge on any atom is -0.480 e. The van der Waals surface area contributed by atoms with Crippen LogP contribution >= 0.6 is 0 Å². The van der Waals surface area contributed by atoms with Gasteiger partial charge < -0.3 is 10.4 Å². The molecule has 128 valence electrons. The SMILES string of the molecule is N#Cc1ccc(C(=O)N[C@H](Cc2ccc3ccccc3n2)C(=O)O)cc1. The van der Waals surface area contributed by atoms with Crippen molar-refractivity contribution in [3.8, 4) is 6.07 Å². The maximum atomic E-state index is 12.3. The molecule has 1 amide bonds. The van der Waals surface area contributed by atoms with E-state index >= 15 is 0 Å². The molecule has 2 N–H and O–H groups in total. The van der Waals surface area contributed by atoms with Crippen molar-refractivity contribution in [2.45, 2.75) is 12.5 Å². The van der Waals surface area contributed by atoms with Gasteiger partial charge in [-0.1, -0.05) is 24.3 Å². The number of nitrogens with one attached hydrogen (secondary N) is 1. The zero-order valence-corrected chi connectivity index (χ0v) is 13.7. The lowest BCUT2D eigenvalue weighted by atomic mass is 10.1. The Kier molecular flexibility index (Phi) is 4.90. The molecule has 6 heteroatoms. The predicted octanol–water partition coefficient (Wildman–Crippen LogP) is 2.53. The second-order valence-electron chi connectivity index (χ2n) is 5.75. The van der Waals surface area contributed by atoms with Crippen LogP contribution in [0.25, 0.3) is 10.9 Å². The number of rotatable bonds is 5. The number of aliphatic carboxylic acids is 1. The number of carbonyl (C=O) groups is 2. The molecule has 0 saturated heterocycles. The molecule has 0 fully saturated rings. The summed E-state index contributed by atoms with van der Waals surface area (Å²) in [5, 5.41) is 21.7. The summed E-state index contributed by atoms with van der Waals surface area (Å²) in [6.07, 6.45) is 0.0716. The molecule has 2 aromatic carbocycles. The lowest BCUT2D eigenvalue weighted by Crippen LogP contribution is -2.42. The zero-order chi connectivity index (χ0) is 18.5. The van der Waals surface area contributed by atoms with Crippen LogP contribution in [-0.4, -0.2) is 28.0 Å². The molecule has 1 atom stereocenters. The van der Waals surface area contributed by atoms with Crippen molar-refractivity contribution in [2.75, 3.05) is 0 Å². The van der Waals surface area contributed by atoms with Crippen LogP contribution in [0.4, 0.5) is 0 Å². The first-order valence-corrected chi connectivity index (χ1v) is 7.95. The van der Waals surface area contributed by atoms with Crippen LogP contribution in [0.15, 0.2) is 60.7 Å². The maximum Gasteiger partial charge on any atom is 0.326 e. The van der Waals surface area contributed by atoms with E-state index in [-0.39, 0.29) is 6.42 Å². The highest BCUT2D eigenvalue weighted by molar-refractivity contribution is 5.96. The van der Waals surface area contributed by atoms with E-state index in [1.165, 1.54) is 24.3 Å². The van der Waals surface area contributed by atoms with Crippen molar-refractivity contribution in [1.82, 2.24) is 10.3 Å². The average molecular weight is 345 g/mol. The third-order valence-electron chi connectivity index (χ3n) is 3.95. The molecule has 3 aromatic rings. The van der Waals surface area contributed by atoms with E-state index in [2.05, 4.69) is 10.3 Å². The molecule has 0 bridgehead atoms. The Morgan fingerprint density at radius 3 is 2.50 bits per heavy atom. The highest BCUT2D eigenvalue weighted by atomic mass is 16.4. The number of hydrogen-bond acceptors (Lipinski definition) is 4. The minimum absolute atomic E-state index is 0.0716. The van der Waals surface area contributed by atoms with Crippen LogP contribution in [0.2, 0.25) is 0 Å². The van der Waals surface area contributed by atoms with E-state index in [0.717, 1.165) is 10.9 Å². The van der Waals surface area contributed by atoms with Gasteiger partial charge in [-0.2, -0.15) is 5.26 Å². The number of aromatic nitrogens is 1.